The molecule has 2 aliphatic carbocycles. The summed E-state index contributed by atoms with van der Waals surface area (Å²) in [6.07, 6.45) is 10.1. The molecular formula is C24H37FN4O. The largest absolute Gasteiger partial charge is 0.368 e. The summed E-state index contributed by atoms with van der Waals surface area (Å²) in [4.78, 5) is 21.1. The van der Waals surface area contributed by atoms with E-state index in [1.165, 1.54) is 38.2 Å². The minimum atomic E-state index is -0.523. The predicted octanol–water partition coefficient (Wildman–Crippen LogP) is 4.23. The smallest absolute Gasteiger partial charge is 0.273 e. The van der Waals surface area contributed by atoms with Crippen LogP contribution in [-0.2, 0) is 0 Å². The van der Waals surface area contributed by atoms with Gasteiger partial charge in [0, 0.05) is 44.3 Å². The van der Waals surface area contributed by atoms with Crippen molar-refractivity contribution in [3.63, 3.8) is 0 Å². The molecule has 30 heavy (non-hydrogen) atoms. The van der Waals surface area contributed by atoms with E-state index in [0.717, 1.165) is 50.6 Å². The Morgan fingerprint density at radius 1 is 1.17 bits per heavy atom. The van der Waals surface area contributed by atoms with E-state index in [0.29, 0.717) is 11.5 Å². The summed E-state index contributed by atoms with van der Waals surface area (Å²) in [5, 5.41) is 2.81. The summed E-state index contributed by atoms with van der Waals surface area (Å²) in [5.74, 6) is -0.0819. The Morgan fingerprint density at radius 2 is 1.87 bits per heavy atom. The van der Waals surface area contributed by atoms with Gasteiger partial charge in [-0.2, -0.15) is 0 Å². The third-order valence-corrected chi connectivity index (χ3v) is 8.16. The van der Waals surface area contributed by atoms with E-state index >= 15 is 0 Å². The highest BCUT2D eigenvalue weighted by Gasteiger charge is 2.39. The number of piperazine rings is 1. The van der Waals surface area contributed by atoms with Crippen molar-refractivity contribution in [3.8, 4) is 0 Å². The van der Waals surface area contributed by atoms with Gasteiger partial charge in [-0.15, -0.1) is 0 Å². The maximum absolute atomic E-state index is 14.5. The summed E-state index contributed by atoms with van der Waals surface area (Å²) < 4.78 is 14.5. The molecule has 1 aromatic heterocycles. The van der Waals surface area contributed by atoms with Crippen molar-refractivity contribution in [2.75, 3.05) is 31.1 Å². The number of nitrogens with zero attached hydrogens (tertiary/aromatic N) is 3. The van der Waals surface area contributed by atoms with Crippen molar-refractivity contribution in [1.29, 1.82) is 0 Å². The third-order valence-electron chi connectivity index (χ3n) is 8.16. The normalized spacial score (nSPS) is 25.5. The number of carbonyl (C=O) groups excluding carboxylic acids is 1. The summed E-state index contributed by atoms with van der Waals surface area (Å²) in [7, 11) is 0. The third kappa shape index (κ3) is 4.48. The van der Waals surface area contributed by atoms with Gasteiger partial charge in [0.15, 0.2) is 11.5 Å². The van der Waals surface area contributed by atoms with Crippen LogP contribution in [0.15, 0.2) is 12.3 Å². The molecule has 2 atom stereocenters. The van der Waals surface area contributed by atoms with E-state index in [1.54, 1.807) is 6.20 Å². The first-order chi connectivity index (χ1) is 14.4. The van der Waals surface area contributed by atoms with Crippen LogP contribution in [0.2, 0.25) is 0 Å². The van der Waals surface area contributed by atoms with Gasteiger partial charge in [0.05, 0.1) is 11.9 Å². The Labute approximate surface area is 180 Å². The average Bonchev–Trinajstić information content (AvgIpc) is 3.44. The second-order valence-corrected chi connectivity index (χ2v) is 9.82. The van der Waals surface area contributed by atoms with Crippen LogP contribution in [0, 0.1) is 17.2 Å². The summed E-state index contributed by atoms with van der Waals surface area (Å²) in [5.41, 5.74) is 1.17. The number of carbonyl (C=O) groups is 1. The van der Waals surface area contributed by atoms with Crippen LogP contribution >= 0.6 is 0 Å². The SMILES string of the molecule is CCC(C)(CC)C1CCC(N2CCN(c3cnc(C(=O)NC4CC4)c(F)c3)CC2)C1. The van der Waals surface area contributed by atoms with Crippen molar-refractivity contribution in [2.24, 2.45) is 11.3 Å². The van der Waals surface area contributed by atoms with E-state index in [2.05, 4.69) is 40.9 Å². The fraction of sp³-hybridized carbons (Fsp3) is 0.750. The molecule has 1 N–H and O–H groups in total. The molecule has 3 aliphatic rings. The highest BCUT2D eigenvalue weighted by molar-refractivity contribution is 5.93. The van der Waals surface area contributed by atoms with Gasteiger partial charge in [0.2, 0.25) is 0 Å². The molecule has 4 rings (SSSR count). The van der Waals surface area contributed by atoms with Crippen molar-refractivity contribution >= 4 is 11.6 Å². The van der Waals surface area contributed by atoms with Crippen molar-refractivity contribution in [1.82, 2.24) is 15.2 Å². The fourth-order valence-electron chi connectivity index (χ4n) is 5.34. The Bertz CT molecular complexity index is 754. The number of halogens is 1. The molecule has 0 aromatic carbocycles. The zero-order valence-corrected chi connectivity index (χ0v) is 18.8. The lowest BCUT2D eigenvalue weighted by Crippen LogP contribution is -2.50. The molecule has 6 heteroatoms. The Hall–Kier alpha value is -1.69. The second-order valence-electron chi connectivity index (χ2n) is 9.82. The van der Waals surface area contributed by atoms with Crippen LogP contribution in [0.25, 0.3) is 0 Å². The second kappa shape index (κ2) is 8.81. The molecule has 1 aromatic rings. The molecule has 2 saturated carbocycles. The molecule has 0 radical (unpaired) electrons. The average molecular weight is 417 g/mol. The van der Waals surface area contributed by atoms with Gasteiger partial charge in [-0.05, 0) is 43.4 Å². The molecule has 0 bridgehead atoms. The highest BCUT2D eigenvalue weighted by Crippen LogP contribution is 2.45. The summed E-state index contributed by atoms with van der Waals surface area (Å²) >= 11 is 0. The minimum absolute atomic E-state index is 0.0869. The van der Waals surface area contributed by atoms with Gasteiger partial charge in [-0.1, -0.05) is 33.6 Å². The van der Waals surface area contributed by atoms with Crippen LogP contribution in [-0.4, -0.2) is 54.1 Å². The number of hydrogen-bond acceptors (Lipinski definition) is 4. The molecule has 166 valence electrons. The molecule has 0 spiro atoms. The zero-order chi connectivity index (χ0) is 21.3. The summed E-state index contributed by atoms with van der Waals surface area (Å²) in [6.45, 7) is 10.9. The summed E-state index contributed by atoms with van der Waals surface area (Å²) in [6, 6.07) is 2.37. The van der Waals surface area contributed by atoms with Crippen LogP contribution in [0.5, 0.6) is 0 Å². The predicted molar refractivity (Wildman–Crippen MR) is 118 cm³/mol. The number of hydrogen-bond donors (Lipinski definition) is 1. The molecule has 1 aliphatic heterocycles. The first-order valence-corrected chi connectivity index (χ1v) is 11.9. The van der Waals surface area contributed by atoms with E-state index in [4.69, 9.17) is 0 Å². The number of nitrogens with one attached hydrogen (secondary N) is 1. The molecule has 3 fully saturated rings. The van der Waals surface area contributed by atoms with E-state index in [1.807, 2.05) is 0 Å². The lowest BCUT2D eigenvalue weighted by Gasteiger charge is -2.40. The molecule has 2 heterocycles. The molecule has 1 saturated heterocycles. The van der Waals surface area contributed by atoms with E-state index in [-0.39, 0.29) is 11.7 Å². The Balaban J connectivity index is 1.31. The van der Waals surface area contributed by atoms with Crippen molar-refractivity contribution in [2.45, 2.75) is 77.8 Å². The van der Waals surface area contributed by atoms with Crippen LogP contribution in [0.3, 0.4) is 0 Å². The zero-order valence-electron chi connectivity index (χ0n) is 18.8. The highest BCUT2D eigenvalue weighted by atomic mass is 19.1. The van der Waals surface area contributed by atoms with Crippen LogP contribution < -0.4 is 10.2 Å². The number of anilines is 1. The van der Waals surface area contributed by atoms with E-state index in [9.17, 15) is 9.18 Å². The van der Waals surface area contributed by atoms with Gasteiger partial charge in [-0.3, -0.25) is 9.69 Å². The molecule has 1 amide bonds. The van der Waals surface area contributed by atoms with Crippen molar-refractivity contribution in [3.05, 3.63) is 23.8 Å². The van der Waals surface area contributed by atoms with Crippen molar-refractivity contribution < 1.29 is 9.18 Å². The number of rotatable bonds is 7. The Kier molecular flexibility index (Phi) is 6.33. The van der Waals surface area contributed by atoms with E-state index < -0.39 is 11.7 Å². The molecule has 2 unspecified atom stereocenters. The first kappa shape index (κ1) is 21.5. The standard InChI is InChI=1S/C24H37FN4O/c1-4-24(3,5-2)17-6-9-19(14-17)28-10-12-29(13-11-28)20-15-21(25)22(26-16-20)23(30)27-18-7-8-18/h15-19H,4-14H2,1-3H3,(H,27,30). The monoisotopic (exact) mass is 416 g/mol. The number of aromatic nitrogens is 1. The van der Waals surface area contributed by atoms with Gasteiger partial charge in [0.1, 0.15) is 0 Å². The molecule has 5 nitrogen and oxygen atoms in total. The lowest BCUT2D eigenvalue weighted by atomic mass is 9.72. The van der Waals surface area contributed by atoms with Gasteiger partial charge >= 0.3 is 0 Å². The van der Waals surface area contributed by atoms with Gasteiger partial charge in [0.25, 0.3) is 5.91 Å². The van der Waals surface area contributed by atoms with Gasteiger partial charge in [-0.25, -0.2) is 9.37 Å². The maximum atomic E-state index is 14.5. The van der Waals surface area contributed by atoms with Crippen LogP contribution in [0.4, 0.5) is 10.1 Å². The first-order valence-electron chi connectivity index (χ1n) is 11.9. The number of amides is 1. The topological polar surface area (TPSA) is 48.5 Å². The fourth-order valence-corrected chi connectivity index (χ4v) is 5.34. The number of pyridine rings is 1. The quantitative estimate of drug-likeness (QED) is 0.723. The lowest BCUT2D eigenvalue weighted by molar-refractivity contribution is 0.0941. The molecular weight excluding hydrogens is 379 g/mol. The minimum Gasteiger partial charge on any atom is -0.368 e. The van der Waals surface area contributed by atoms with Gasteiger partial charge < -0.3 is 10.2 Å². The Morgan fingerprint density at radius 3 is 2.47 bits per heavy atom. The maximum Gasteiger partial charge on any atom is 0.273 e. The van der Waals surface area contributed by atoms with Crippen LogP contribution in [0.1, 0.15) is 76.2 Å².